The Hall–Kier alpha value is -1.97. The zero-order valence-corrected chi connectivity index (χ0v) is 10.6. The predicted molar refractivity (Wildman–Crippen MR) is 70.1 cm³/mol. The number of ketones is 1. The zero-order chi connectivity index (χ0) is 13.1. The number of Topliss-reactive ketones (excluding diaryl/α,β-unsaturated/α-hetero) is 1. The van der Waals surface area contributed by atoms with Crippen molar-refractivity contribution in [2.24, 2.45) is 0 Å². The summed E-state index contributed by atoms with van der Waals surface area (Å²) < 4.78 is 0. The van der Waals surface area contributed by atoms with Crippen molar-refractivity contribution >= 4 is 23.1 Å². The molecule has 0 bridgehead atoms. The fraction of sp³-hybridized carbons (Fsp3) is 0.357. The van der Waals surface area contributed by atoms with E-state index in [0.29, 0.717) is 17.7 Å². The van der Waals surface area contributed by atoms with Gasteiger partial charge in [0.2, 0.25) is 0 Å². The highest BCUT2D eigenvalue weighted by Gasteiger charge is 2.14. The Morgan fingerprint density at radius 3 is 2.83 bits per heavy atom. The minimum Gasteiger partial charge on any atom is -0.336 e. The average molecular weight is 244 g/mol. The molecule has 2 aromatic rings. The summed E-state index contributed by atoms with van der Waals surface area (Å²) >= 11 is 0. The molecule has 1 N–H and O–H groups in total. The normalized spacial score (nSPS) is 10.8. The second-order valence-electron chi connectivity index (χ2n) is 4.39. The van der Waals surface area contributed by atoms with Crippen LogP contribution in [0.15, 0.2) is 12.1 Å². The van der Waals surface area contributed by atoms with Gasteiger partial charge >= 0.3 is 0 Å². The molecule has 0 aliphatic rings. The Morgan fingerprint density at radius 2 is 2.22 bits per heavy atom. The Balaban J connectivity index is 2.63. The summed E-state index contributed by atoms with van der Waals surface area (Å²) in [4.78, 5) is 29.6. The lowest BCUT2D eigenvalue weighted by molar-refractivity contribution is 0.101. The first-order valence-electron chi connectivity index (χ1n) is 6.15. The molecule has 0 saturated heterocycles. The molecule has 0 spiro atoms. The van der Waals surface area contributed by atoms with E-state index in [-0.39, 0.29) is 5.78 Å². The number of hydrogen-bond acceptors (Lipinski definition) is 3. The van der Waals surface area contributed by atoms with Gasteiger partial charge in [0, 0.05) is 5.56 Å². The molecule has 94 valence electrons. The lowest BCUT2D eigenvalue weighted by atomic mass is 9.98. The number of benzene rings is 1. The van der Waals surface area contributed by atoms with Gasteiger partial charge in [-0.3, -0.25) is 9.59 Å². The number of aldehydes is 1. The van der Waals surface area contributed by atoms with Crippen molar-refractivity contribution in [1.29, 1.82) is 0 Å². The van der Waals surface area contributed by atoms with Crippen LogP contribution in [-0.2, 0) is 6.42 Å². The zero-order valence-electron chi connectivity index (χ0n) is 10.6. The van der Waals surface area contributed by atoms with Crippen LogP contribution in [0, 0.1) is 0 Å². The van der Waals surface area contributed by atoms with Crippen molar-refractivity contribution in [3.05, 3.63) is 29.1 Å². The second kappa shape index (κ2) is 5.12. The number of aromatic nitrogens is 2. The maximum Gasteiger partial charge on any atom is 0.185 e. The Labute approximate surface area is 105 Å². The van der Waals surface area contributed by atoms with Crippen molar-refractivity contribution in [1.82, 2.24) is 9.97 Å². The van der Waals surface area contributed by atoms with Crippen LogP contribution in [0.5, 0.6) is 0 Å². The number of aryl methyl sites for hydroxylation is 1. The minimum absolute atomic E-state index is 0.0404. The van der Waals surface area contributed by atoms with E-state index in [4.69, 9.17) is 0 Å². The van der Waals surface area contributed by atoms with E-state index in [2.05, 4.69) is 16.9 Å². The Morgan fingerprint density at radius 1 is 1.44 bits per heavy atom. The number of carbonyl (C=O) groups excluding carboxylic acids is 2. The number of rotatable bonds is 5. The molecule has 0 saturated carbocycles. The molecule has 4 heteroatoms. The average Bonchev–Trinajstić information content (AvgIpc) is 2.78. The molecule has 0 unspecified atom stereocenters. The summed E-state index contributed by atoms with van der Waals surface area (Å²) in [5.74, 6) is 0.349. The smallest absolute Gasteiger partial charge is 0.185 e. The van der Waals surface area contributed by atoms with E-state index in [9.17, 15) is 9.59 Å². The van der Waals surface area contributed by atoms with Gasteiger partial charge in [-0.05, 0) is 37.5 Å². The van der Waals surface area contributed by atoms with Crippen molar-refractivity contribution in [2.75, 3.05) is 0 Å². The molecule has 0 aliphatic carbocycles. The van der Waals surface area contributed by atoms with E-state index in [1.807, 2.05) is 12.1 Å². The molecule has 1 heterocycles. The number of hydrogen-bond donors (Lipinski definition) is 1. The number of nitrogens with zero attached hydrogens (tertiary/aromatic N) is 1. The Bertz CT molecular complexity index is 599. The SMILES string of the molecule is CCCCc1c(C(C)=O)ccc2[nH]c(C=O)nc12. The van der Waals surface area contributed by atoms with E-state index in [1.54, 1.807) is 6.92 Å². The highest BCUT2D eigenvalue weighted by molar-refractivity contribution is 6.00. The Kier molecular flexibility index (Phi) is 3.55. The summed E-state index contributed by atoms with van der Waals surface area (Å²) in [5, 5.41) is 0. The molecule has 0 radical (unpaired) electrons. The summed E-state index contributed by atoms with van der Waals surface area (Å²) in [6.07, 6.45) is 3.56. The third kappa shape index (κ3) is 2.18. The van der Waals surface area contributed by atoms with Crippen LogP contribution in [-0.4, -0.2) is 22.0 Å². The first-order chi connectivity index (χ1) is 8.67. The molecule has 0 fully saturated rings. The lowest BCUT2D eigenvalue weighted by Gasteiger charge is -2.07. The van der Waals surface area contributed by atoms with E-state index < -0.39 is 0 Å². The molecule has 0 aliphatic heterocycles. The quantitative estimate of drug-likeness (QED) is 0.649. The predicted octanol–water partition coefficient (Wildman–Crippen LogP) is 2.92. The summed E-state index contributed by atoms with van der Waals surface area (Å²) in [5.41, 5.74) is 3.22. The first-order valence-corrected chi connectivity index (χ1v) is 6.15. The number of nitrogens with one attached hydrogen (secondary N) is 1. The number of carbonyl (C=O) groups is 2. The van der Waals surface area contributed by atoms with Crippen molar-refractivity contribution in [3.63, 3.8) is 0 Å². The summed E-state index contributed by atoms with van der Waals surface area (Å²) in [6, 6.07) is 3.62. The molecule has 4 nitrogen and oxygen atoms in total. The van der Waals surface area contributed by atoms with Crippen LogP contribution >= 0.6 is 0 Å². The van der Waals surface area contributed by atoms with Gasteiger partial charge in [0.05, 0.1) is 11.0 Å². The fourth-order valence-electron chi connectivity index (χ4n) is 2.14. The third-order valence-electron chi connectivity index (χ3n) is 3.05. The highest BCUT2D eigenvalue weighted by atomic mass is 16.1. The van der Waals surface area contributed by atoms with Crippen LogP contribution in [0.2, 0.25) is 0 Å². The maximum atomic E-state index is 11.6. The van der Waals surface area contributed by atoms with E-state index >= 15 is 0 Å². The number of imidazole rings is 1. The van der Waals surface area contributed by atoms with Crippen LogP contribution in [0.25, 0.3) is 11.0 Å². The molecular formula is C14H16N2O2. The molecule has 1 aromatic heterocycles. The minimum atomic E-state index is 0.0404. The topological polar surface area (TPSA) is 62.8 Å². The van der Waals surface area contributed by atoms with Gasteiger partial charge in [0.25, 0.3) is 0 Å². The van der Waals surface area contributed by atoms with Gasteiger partial charge in [0.15, 0.2) is 17.9 Å². The van der Waals surface area contributed by atoms with Gasteiger partial charge in [-0.25, -0.2) is 4.98 Å². The van der Waals surface area contributed by atoms with E-state index in [0.717, 1.165) is 35.9 Å². The monoisotopic (exact) mass is 244 g/mol. The fourth-order valence-corrected chi connectivity index (χ4v) is 2.14. The third-order valence-corrected chi connectivity index (χ3v) is 3.05. The number of aromatic amines is 1. The molecule has 2 rings (SSSR count). The van der Waals surface area contributed by atoms with Gasteiger partial charge in [-0.15, -0.1) is 0 Å². The largest absolute Gasteiger partial charge is 0.336 e. The van der Waals surface area contributed by atoms with Crippen molar-refractivity contribution < 1.29 is 9.59 Å². The number of fused-ring (bicyclic) bond motifs is 1. The summed E-state index contributed by atoms with van der Waals surface area (Å²) in [7, 11) is 0. The second-order valence-corrected chi connectivity index (χ2v) is 4.39. The highest BCUT2D eigenvalue weighted by Crippen LogP contribution is 2.23. The molecule has 0 atom stereocenters. The van der Waals surface area contributed by atoms with Crippen LogP contribution in [0.1, 0.15) is 53.2 Å². The van der Waals surface area contributed by atoms with Gasteiger partial charge in [0.1, 0.15) is 0 Å². The van der Waals surface area contributed by atoms with E-state index in [1.165, 1.54) is 0 Å². The number of unbranched alkanes of at least 4 members (excludes halogenated alkanes) is 1. The number of H-pyrrole nitrogens is 1. The molecule has 1 aromatic carbocycles. The van der Waals surface area contributed by atoms with Crippen LogP contribution in [0.3, 0.4) is 0 Å². The summed E-state index contributed by atoms with van der Waals surface area (Å²) in [6.45, 7) is 3.67. The van der Waals surface area contributed by atoms with Crippen LogP contribution < -0.4 is 0 Å². The first kappa shape index (κ1) is 12.5. The molecule has 0 amide bonds. The molecule has 18 heavy (non-hydrogen) atoms. The van der Waals surface area contributed by atoms with Crippen molar-refractivity contribution in [2.45, 2.75) is 33.1 Å². The van der Waals surface area contributed by atoms with Gasteiger partial charge in [-0.2, -0.15) is 0 Å². The van der Waals surface area contributed by atoms with Gasteiger partial charge in [-0.1, -0.05) is 13.3 Å². The molecular weight excluding hydrogens is 228 g/mol. The van der Waals surface area contributed by atoms with Crippen LogP contribution in [0.4, 0.5) is 0 Å². The van der Waals surface area contributed by atoms with Crippen molar-refractivity contribution in [3.8, 4) is 0 Å². The van der Waals surface area contributed by atoms with Gasteiger partial charge < -0.3 is 4.98 Å². The lowest BCUT2D eigenvalue weighted by Crippen LogP contribution is -2.01. The maximum absolute atomic E-state index is 11.6. The standard InChI is InChI=1S/C14H16N2O2/c1-3-4-5-11-10(9(2)18)6-7-12-14(11)16-13(8-17)15-12/h6-8H,3-5H2,1-2H3,(H,15,16).